The number of piperidine rings is 1. The number of nitrogens with one attached hydrogen (secondary N) is 2. The highest BCUT2D eigenvalue weighted by molar-refractivity contribution is 6.05. The average Bonchev–Trinajstić information content (AvgIpc) is 3.40. The van der Waals surface area contributed by atoms with Crippen LogP contribution >= 0.6 is 0 Å². The first kappa shape index (κ1) is 17.6. The molecule has 2 aliphatic rings. The lowest BCUT2D eigenvalue weighted by molar-refractivity contribution is -0.131. The molecule has 4 rings (SSSR count). The zero-order valence-electron chi connectivity index (χ0n) is 15.3. The number of carbonyl (C=O) groups is 2. The van der Waals surface area contributed by atoms with Gasteiger partial charge in [0.25, 0.3) is 5.91 Å². The van der Waals surface area contributed by atoms with Gasteiger partial charge in [-0.2, -0.15) is 0 Å². The van der Waals surface area contributed by atoms with Gasteiger partial charge in [0, 0.05) is 36.9 Å². The van der Waals surface area contributed by atoms with Crippen molar-refractivity contribution in [2.24, 2.45) is 17.6 Å². The Morgan fingerprint density at radius 1 is 1.41 bits per heavy atom. The standard InChI is InChI=1S/C20H25N5O2/c1-2-16(26)25-9-3-4-13(18(25)12-5-6-12)10-23-17-14-7-8-22-20(14)24-11-15(17)19(21)27/h2,7-8,11-13,18H,1,3-6,9-10H2,(H2,21,27)(H2,22,23,24). The molecule has 7 nitrogen and oxygen atoms in total. The number of likely N-dealkylation sites (tertiary alicyclic amines) is 1. The number of aromatic amines is 1. The molecule has 2 amide bonds. The molecule has 2 unspecified atom stereocenters. The third-order valence-electron chi connectivity index (χ3n) is 5.77. The predicted molar refractivity (Wildman–Crippen MR) is 104 cm³/mol. The van der Waals surface area contributed by atoms with Crippen LogP contribution in [0.1, 0.15) is 36.0 Å². The van der Waals surface area contributed by atoms with E-state index in [0.29, 0.717) is 29.6 Å². The summed E-state index contributed by atoms with van der Waals surface area (Å²) in [6.45, 7) is 5.14. The SMILES string of the molecule is C=CC(=O)N1CCCC(CNc2c(C(N)=O)cnc3[nH]ccc23)C1C1CC1. The Morgan fingerprint density at radius 2 is 2.22 bits per heavy atom. The number of primary amides is 1. The van der Waals surface area contributed by atoms with Crippen molar-refractivity contribution in [2.45, 2.75) is 31.7 Å². The van der Waals surface area contributed by atoms with Crippen LogP contribution in [-0.2, 0) is 4.79 Å². The van der Waals surface area contributed by atoms with E-state index in [0.717, 1.165) is 30.5 Å². The monoisotopic (exact) mass is 367 g/mol. The van der Waals surface area contributed by atoms with E-state index >= 15 is 0 Å². The molecular weight excluding hydrogens is 342 g/mol. The number of nitrogens with zero attached hydrogens (tertiary/aromatic N) is 2. The van der Waals surface area contributed by atoms with Crippen LogP contribution in [0.3, 0.4) is 0 Å². The molecule has 0 radical (unpaired) electrons. The van der Waals surface area contributed by atoms with E-state index in [-0.39, 0.29) is 11.9 Å². The van der Waals surface area contributed by atoms with Crippen molar-refractivity contribution < 1.29 is 9.59 Å². The Labute approximate surface area is 158 Å². The number of fused-ring (bicyclic) bond motifs is 1. The number of anilines is 1. The lowest BCUT2D eigenvalue weighted by Crippen LogP contribution is -2.50. The second-order valence-corrected chi connectivity index (χ2v) is 7.50. The van der Waals surface area contributed by atoms with Crippen molar-refractivity contribution in [1.82, 2.24) is 14.9 Å². The fourth-order valence-electron chi connectivity index (χ4n) is 4.39. The van der Waals surface area contributed by atoms with Crippen LogP contribution in [0.2, 0.25) is 0 Å². The molecule has 1 saturated heterocycles. The maximum atomic E-state index is 12.3. The molecule has 2 atom stereocenters. The van der Waals surface area contributed by atoms with E-state index in [2.05, 4.69) is 21.9 Å². The van der Waals surface area contributed by atoms with Gasteiger partial charge >= 0.3 is 0 Å². The van der Waals surface area contributed by atoms with Crippen molar-refractivity contribution in [2.75, 3.05) is 18.4 Å². The highest BCUT2D eigenvalue weighted by atomic mass is 16.2. The van der Waals surface area contributed by atoms with Crippen molar-refractivity contribution >= 4 is 28.5 Å². The van der Waals surface area contributed by atoms with Crippen molar-refractivity contribution in [1.29, 1.82) is 0 Å². The summed E-state index contributed by atoms with van der Waals surface area (Å²) in [6, 6.07) is 2.13. The van der Waals surface area contributed by atoms with Gasteiger partial charge in [0.05, 0.1) is 11.3 Å². The minimum absolute atomic E-state index is 0.0198. The van der Waals surface area contributed by atoms with Gasteiger partial charge in [-0.1, -0.05) is 6.58 Å². The fourth-order valence-corrected chi connectivity index (χ4v) is 4.39. The van der Waals surface area contributed by atoms with Gasteiger partial charge in [0.1, 0.15) is 5.65 Å². The van der Waals surface area contributed by atoms with Crippen LogP contribution in [0.5, 0.6) is 0 Å². The van der Waals surface area contributed by atoms with Crippen molar-refractivity contribution in [3.8, 4) is 0 Å². The third-order valence-corrected chi connectivity index (χ3v) is 5.77. The van der Waals surface area contributed by atoms with Crippen molar-refractivity contribution in [3.05, 3.63) is 36.7 Å². The van der Waals surface area contributed by atoms with Crippen LogP contribution in [0.15, 0.2) is 31.1 Å². The molecule has 142 valence electrons. The summed E-state index contributed by atoms with van der Waals surface area (Å²) in [6.07, 6.45) is 9.11. The third kappa shape index (κ3) is 3.29. The van der Waals surface area contributed by atoms with Crippen LogP contribution in [-0.4, -0.2) is 45.8 Å². The maximum absolute atomic E-state index is 12.3. The lowest BCUT2D eigenvalue weighted by atomic mass is 9.85. The molecule has 7 heteroatoms. The molecule has 0 bridgehead atoms. The quantitative estimate of drug-likeness (QED) is 0.681. The smallest absolute Gasteiger partial charge is 0.252 e. The van der Waals surface area contributed by atoms with Gasteiger partial charge in [-0.05, 0) is 49.7 Å². The maximum Gasteiger partial charge on any atom is 0.252 e. The predicted octanol–water partition coefficient (Wildman–Crippen LogP) is 2.28. The fraction of sp³-hybridized carbons (Fsp3) is 0.450. The van der Waals surface area contributed by atoms with Gasteiger partial charge in [0.15, 0.2) is 0 Å². The van der Waals surface area contributed by atoms with Gasteiger partial charge in [-0.25, -0.2) is 4.98 Å². The summed E-state index contributed by atoms with van der Waals surface area (Å²) in [5, 5.41) is 4.31. The molecule has 2 aromatic heterocycles. The number of hydrogen-bond acceptors (Lipinski definition) is 4. The van der Waals surface area contributed by atoms with E-state index < -0.39 is 5.91 Å². The Kier molecular flexibility index (Phi) is 4.59. The number of rotatable bonds is 6. The first-order valence-electron chi connectivity index (χ1n) is 9.53. The molecule has 4 N–H and O–H groups in total. The van der Waals surface area contributed by atoms with Gasteiger partial charge in [-0.15, -0.1) is 0 Å². The van der Waals surface area contributed by atoms with E-state index in [1.165, 1.54) is 25.1 Å². The molecule has 1 saturated carbocycles. The first-order valence-corrected chi connectivity index (χ1v) is 9.53. The highest BCUT2D eigenvalue weighted by Gasteiger charge is 2.43. The minimum Gasteiger partial charge on any atom is -0.383 e. The molecule has 0 spiro atoms. The van der Waals surface area contributed by atoms with Gasteiger partial charge in [-0.3, -0.25) is 9.59 Å². The number of pyridine rings is 1. The largest absolute Gasteiger partial charge is 0.383 e. The molecule has 0 aromatic carbocycles. The molecule has 2 aromatic rings. The van der Waals surface area contributed by atoms with E-state index in [4.69, 9.17) is 5.73 Å². The van der Waals surface area contributed by atoms with Crippen LogP contribution in [0.4, 0.5) is 5.69 Å². The van der Waals surface area contributed by atoms with Crippen molar-refractivity contribution in [3.63, 3.8) is 0 Å². The van der Waals surface area contributed by atoms with Crippen LogP contribution in [0.25, 0.3) is 11.0 Å². The minimum atomic E-state index is -0.501. The highest BCUT2D eigenvalue weighted by Crippen LogP contribution is 2.42. The average molecular weight is 367 g/mol. The summed E-state index contributed by atoms with van der Waals surface area (Å²) < 4.78 is 0. The number of H-pyrrole nitrogens is 1. The summed E-state index contributed by atoms with van der Waals surface area (Å²) in [5.74, 6) is 0.421. The first-order chi connectivity index (χ1) is 13.1. The van der Waals surface area contributed by atoms with Gasteiger partial charge in [0.2, 0.25) is 5.91 Å². The second kappa shape index (κ2) is 7.06. The molecule has 1 aliphatic carbocycles. The lowest BCUT2D eigenvalue weighted by Gasteiger charge is -2.41. The Balaban J connectivity index is 1.59. The molecule has 2 fully saturated rings. The molecular formula is C20H25N5O2. The Hall–Kier alpha value is -2.83. The zero-order chi connectivity index (χ0) is 19.0. The number of amides is 2. The Bertz CT molecular complexity index is 886. The topological polar surface area (TPSA) is 104 Å². The molecule has 3 heterocycles. The number of hydrogen-bond donors (Lipinski definition) is 3. The second-order valence-electron chi connectivity index (χ2n) is 7.50. The number of carbonyl (C=O) groups excluding carboxylic acids is 2. The summed E-state index contributed by atoms with van der Waals surface area (Å²) in [5.41, 5.74) is 7.38. The number of nitrogens with two attached hydrogens (primary N) is 1. The molecule has 1 aliphatic heterocycles. The number of aromatic nitrogens is 2. The van der Waals surface area contributed by atoms with E-state index in [1.54, 1.807) is 6.20 Å². The van der Waals surface area contributed by atoms with Gasteiger partial charge < -0.3 is 20.9 Å². The van der Waals surface area contributed by atoms with Crippen LogP contribution < -0.4 is 11.1 Å². The molecule has 27 heavy (non-hydrogen) atoms. The van der Waals surface area contributed by atoms with E-state index in [1.807, 2.05) is 11.0 Å². The summed E-state index contributed by atoms with van der Waals surface area (Å²) >= 11 is 0. The Morgan fingerprint density at radius 3 is 2.93 bits per heavy atom. The van der Waals surface area contributed by atoms with E-state index in [9.17, 15) is 9.59 Å². The van der Waals surface area contributed by atoms with Crippen LogP contribution in [0, 0.1) is 11.8 Å². The summed E-state index contributed by atoms with van der Waals surface area (Å²) in [7, 11) is 0. The zero-order valence-corrected chi connectivity index (χ0v) is 15.3. The summed E-state index contributed by atoms with van der Waals surface area (Å²) in [4.78, 5) is 33.5. The normalized spacial score (nSPS) is 22.6.